The molecule has 5 nitrogen and oxygen atoms in total. The minimum Gasteiger partial charge on any atom is -0.457 e. The van der Waals surface area contributed by atoms with Crippen LogP contribution in [-0.4, -0.2) is 10.9 Å². The van der Waals surface area contributed by atoms with E-state index < -0.39 is 0 Å². The van der Waals surface area contributed by atoms with Gasteiger partial charge in [0.05, 0.1) is 11.9 Å². The Balaban J connectivity index is 1.35. The fourth-order valence-electron chi connectivity index (χ4n) is 2.51. The highest BCUT2D eigenvalue weighted by Crippen LogP contribution is 2.30. The van der Waals surface area contributed by atoms with Gasteiger partial charge in [-0.05, 0) is 61.4 Å². The van der Waals surface area contributed by atoms with E-state index in [1.165, 1.54) is 0 Å². The van der Waals surface area contributed by atoms with Crippen molar-refractivity contribution >= 4 is 23.1 Å². The zero-order chi connectivity index (χ0) is 17.8. The second-order valence-corrected chi connectivity index (χ2v) is 6.26. The number of hydrogen-bond donors (Lipinski definition) is 2. The lowest BCUT2D eigenvalue weighted by molar-refractivity contribution is -0.117. The Morgan fingerprint density at radius 1 is 0.885 bits per heavy atom. The van der Waals surface area contributed by atoms with Gasteiger partial charge in [-0.3, -0.25) is 4.79 Å². The highest BCUT2D eigenvalue weighted by molar-refractivity contribution is 5.93. The molecule has 26 heavy (non-hydrogen) atoms. The van der Waals surface area contributed by atoms with Crippen molar-refractivity contribution < 1.29 is 9.53 Å². The topological polar surface area (TPSA) is 63.2 Å². The van der Waals surface area contributed by atoms with Gasteiger partial charge < -0.3 is 15.4 Å². The number of ether oxygens (including phenoxy) is 1. The minimum absolute atomic E-state index is 0.0622. The van der Waals surface area contributed by atoms with Crippen LogP contribution >= 0.6 is 0 Å². The molecule has 2 N–H and O–H groups in total. The van der Waals surface area contributed by atoms with Crippen molar-refractivity contribution in [2.75, 3.05) is 10.6 Å². The molecule has 1 heterocycles. The number of pyridine rings is 1. The van der Waals surface area contributed by atoms with Crippen LogP contribution in [0.4, 0.5) is 17.2 Å². The SMILES string of the molecule is O=C(Nc1ccc(Nc2ccc(Oc3ccccc3)cc2)cn1)C1CC1. The van der Waals surface area contributed by atoms with Crippen molar-refractivity contribution in [3.63, 3.8) is 0 Å². The molecule has 0 bridgehead atoms. The molecule has 2 aromatic carbocycles. The fraction of sp³-hybridized carbons (Fsp3) is 0.143. The fourth-order valence-corrected chi connectivity index (χ4v) is 2.51. The third-order valence-electron chi connectivity index (χ3n) is 4.08. The van der Waals surface area contributed by atoms with Crippen molar-refractivity contribution in [3.8, 4) is 11.5 Å². The van der Waals surface area contributed by atoms with Gasteiger partial charge in [0.15, 0.2) is 0 Å². The first-order chi connectivity index (χ1) is 12.8. The smallest absolute Gasteiger partial charge is 0.228 e. The summed E-state index contributed by atoms with van der Waals surface area (Å²) in [4.78, 5) is 16.0. The lowest BCUT2D eigenvalue weighted by atomic mass is 10.3. The standard InChI is InChI=1S/C21H19N3O2/c25-21(15-6-7-15)24-20-13-10-17(14-22-20)23-16-8-11-19(12-9-16)26-18-4-2-1-3-5-18/h1-5,8-15,23H,6-7H2,(H,22,24,25). The number of benzene rings is 2. The largest absolute Gasteiger partial charge is 0.457 e. The maximum Gasteiger partial charge on any atom is 0.228 e. The first kappa shape index (κ1) is 16.1. The number of rotatable bonds is 6. The summed E-state index contributed by atoms with van der Waals surface area (Å²) in [5, 5.41) is 6.11. The van der Waals surface area contributed by atoms with E-state index in [-0.39, 0.29) is 11.8 Å². The van der Waals surface area contributed by atoms with Gasteiger partial charge >= 0.3 is 0 Å². The molecular weight excluding hydrogens is 326 g/mol. The molecule has 1 saturated carbocycles. The number of nitrogens with zero attached hydrogens (tertiary/aromatic N) is 1. The predicted octanol–water partition coefficient (Wildman–Crippen LogP) is 4.97. The number of amides is 1. The van der Waals surface area contributed by atoms with Gasteiger partial charge in [0, 0.05) is 11.6 Å². The highest BCUT2D eigenvalue weighted by atomic mass is 16.5. The summed E-state index contributed by atoms with van der Waals surface area (Å²) < 4.78 is 5.78. The van der Waals surface area contributed by atoms with Crippen LogP contribution in [0.1, 0.15) is 12.8 Å². The Morgan fingerprint density at radius 2 is 1.58 bits per heavy atom. The number of carbonyl (C=O) groups excluding carboxylic acids is 1. The molecule has 3 aromatic rings. The van der Waals surface area contributed by atoms with Crippen LogP contribution in [0.2, 0.25) is 0 Å². The average Bonchev–Trinajstić information content (AvgIpc) is 3.51. The van der Waals surface area contributed by atoms with Crippen LogP contribution in [0.5, 0.6) is 11.5 Å². The molecule has 1 aliphatic rings. The first-order valence-electron chi connectivity index (χ1n) is 8.63. The molecule has 5 heteroatoms. The van der Waals surface area contributed by atoms with Crippen LogP contribution in [0.25, 0.3) is 0 Å². The molecule has 1 amide bonds. The number of hydrogen-bond acceptors (Lipinski definition) is 4. The third-order valence-corrected chi connectivity index (χ3v) is 4.08. The van der Waals surface area contributed by atoms with Gasteiger partial charge in [-0.15, -0.1) is 0 Å². The summed E-state index contributed by atoms with van der Waals surface area (Å²) in [6, 6.07) is 21.1. The van der Waals surface area contributed by atoms with E-state index in [1.807, 2.05) is 60.7 Å². The van der Waals surface area contributed by atoms with Gasteiger partial charge in [-0.1, -0.05) is 18.2 Å². The minimum atomic E-state index is 0.0622. The summed E-state index contributed by atoms with van der Waals surface area (Å²) in [5.41, 5.74) is 1.79. The van der Waals surface area contributed by atoms with Crippen LogP contribution < -0.4 is 15.4 Å². The van der Waals surface area contributed by atoms with E-state index in [1.54, 1.807) is 12.3 Å². The Kier molecular flexibility index (Phi) is 4.51. The highest BCUT2D eigenvalue weighted by Gasteiger charge is 2.29. The van der Waals surface area contributed by atoms with E-state index in [0.717, 1.165) is 35.7 Å². The van der Waals surface area contributed by atoms with E-state index >= 15 is 0 Å². The molecule has 130 valence electrons. The van der Waals surface area contributed by atoms with Gasteiger partial charge in [0.1, 0.15) is 17.3 Å². The Hall–Kier alpha value is -3.34. The quantitative estimate of drug-likeness (QED) is 0.662. The summed E-state index contributed by atoms with van der Waals surface area (Å²) in [7, 11) is 0. The van der Waals surface area contributed by atoms with Crippen LogP contribution in [0, 0.1) is 5.92 Å². The van der Waals surface area contributed by atoms with Crippen LogP contribution in [0.15, 0.2) is 72.9 Å². The molecule has 0 saturated heterocycles. The van der Waals surface area contributed by atoms with Gasteiger partial charge in [-0.2, -0.15) is 0 Å². The number of carbonyl (C=O) groups is 1. The maximum atomic E-state index is 11.7. The monoisotopic (exact) mass is 345 g/mol. The lowest BCUT2D eigenvalue weighted by Gasteiger charge is -2.09. The van der Waals surface area contributed by atoms with E-state index in [4.69, 9.17) is 4.74 Å². The molecule has 0 atom stereocenters. The van der Waals surface area contributed by atoms with Crippen LogP contribution in [-0.2, 0) is 4.79 Å². The summed E-state index contributed by atoms with van der Waals surface area (Å²) in [5.74, 6) is 2.40. The van der Waals surface area contributed by atoms with Crippen molar-refractivity contribution in [2.45, 2.75) is 12.8 Å². The Morgan fingerprint density at radius 3 is 2.23 bits per heavy atom. The second-order valence-electron chi connectivity index (χ2n) is 6.26. The molecule has 0 aliphatic heterocycles. The van der Waals surface area contributed by atoms with Crippen molar-refractivity contribution in [2.24, 2.45) is 5.92 Å². The molecule has 0 spiro atoms. The lowest BCUT2D eigenvalue weighted by Crippen LogP contribution is -2.14. The van der Waals surface area contributed by atoms with E-state index in [9.17, 15) is 4.79 Å². The normalized spacial score (nSPS) is 13.1. The van der Waals surface area contributed by atoms with Crippen molar-refractivity contribution in [3.05, 3.63) is 72.9 Å². The molecular formula is C21H19N3O2. The molecule has 0 radical (unpaired) electrons. The van der Waals surface area contributed by atoms with Crippen LogP contribution in [0.3, 0.4) is 0 Å². The first-order valence-corrected chi connectivity index (χ1v) is 8.63. The molecule has 1 aliphatic carbocycles. The van der Waals surface area contributed by atoms with Gasteiger partial charge in [-0.25, -0.2) is 4.98 Å². The number of nitrogens with one attached hydrogen (secondary N) is 2. The molecule has 4 rings (SSSR count). The zero-order valence-electron chi connectivity index (χ0n) is 14.2. The number of anilines is 3. The predicted molar refractivity (Wildman–Crippen MR) is 102 cm³/mol. The van der Waals surface area contributed by atoms with Gasteiger partial charge in [0.25, 0.3) is 0 Å². The summed E-state index contributed by atoms with van der Waals surface area (Å²) in [6.45, 7) is 0. The summed E-state index contributed by atoms with van der Waals surface area (Å²) in [6.07, 6.45) is 3.67. The van der Waals surface area contributed by atoms with E-state index in [2.05, 4.69) is 15.6 Å². The average molecular weight is 345 g/mol. The summed E-state index contributed by atoms with van der Waals surface area (Å²) >= 11 is 0. The zero-order valence-corrected chi connectivity index (χ0v) is 14.2. The Bertz CT molecular complexity index is 873. The maximum absolute atomic E-state index is 11.7. The third kappa shape index (κ3) is 4.19. The van der Waals surface area contributed by atoms with Crippen molar-refractivity contribution in [1.29, 1.82) is 0 Å². The number of para-hydroxylation sites is 1. The van der Waals surface area contributed by atoms with E-state index in [0.29, 0.717) is 5.82 Å². The Labute approximate surface area is 152 Å². The van der Waals surface area contributed by atoms with Crippen molar-refractivity contribution in [1.82, 2.24) is 4.98 Å². The van der Waals surface area contributed by atoms with Gasteiger partial charge in [0.2, 0.25) is 5.91 Å². The number of aromatic nitrogens is 1. The molecule has 0 unspecified atom stereocenters. The molecule has 1 fully saturated rings. The second kappa shape index (κ2) is 7.27. The molecule has 1 aromatic heterocycles.